The molecule has 0 unspecified atom stereocenters. The minimum Gasteiger partial charge on any atom is -0.464 e. The molecule has 0 N–H and O–H groups in total. The van der Waals surface area contributed by atoms with Crippen molar-refractivity contribution in [1.82, 2.24) is 10.1 Å². The Morgan fingerprint density at radius 2 is 1.52 bits per heavy atom. The Balaban J connectivity index is 1.81. The molecule has 0 spiro atoms. The van der Waals surface area contributed by atoms with Crippen LogP contribution in [-0.2, 0) is 0 Å². The lowest BCUT2D eigenvalue weighted by Crippen LogP contribution is -1.86. The number of hydrogen-bond acceptors (Lipinski definition) is 4. The zero-order valence-electron chi connectivity index (χ0n) is 12.6. The summed E-state index contributed by atoms with van der Waals surface area (Å²) in [6.07, 6.45) is 1.65. The quantitative estimate of drug-likeness (QED) is 0.536. The molecule has 2 aromatic heterocycles. The van der Waals surface area contributed by atoms with Crippen molar-refractivity contribution in [3.63, 3.8) is 0 Å². The van der Waals surface area contributed by atoms with Crippen LogP contribution in [0.4, 0.5) is 0 Å². The summed E-state index contributed by atoms with van der Waals surface area (Å²) >= 11 is 0. The summed E-state index contributed by atoms with van der Waals surface area (Å²) in [4.78, 5) is 4.56. The van der Waals surface area contributed by atoms with Crippen LogP contribution >= 0.6 is 0 Å². The van der Waals surface area contributed by atoms with Crippen LogP contribution in [0.3, 0.4) is 0 Å². The van der Waals surface area contributed by atoms with E-state index < -0.39 is 0 Å². The molecule has 112 valence electrons. The first-order valence-electron chi connectivity index (χ1n) is 7.36. The van der Waals surface area contributed by atoms with Crippen LogP contribution in [0.15, 0.2) is 75.9 Å². The minimum atomic E-state index is 0.482. The fraction of sp³-hybridized carbons (Fsp3) is 0.0526. The van der Waals surface area contributed by atoms with E-state index in [1.165, 1.54) is 0 Å². The average Bonchev–Trinajstić information content (AvgIpc) is 3.27. The van der Waals surface area contributed by atoms with Gasteiger partial charge in [0.2, 0.25) is 5.82 Å². The number of benzene rings is 2. The van der Waals surface area contributed by atoms with Crippen molar-refractivity contribution in [3.8, 4) is 34.2 Å². The highest BCUT2D eigenvalue weighted by molar-refractivity contribution is 5.77. The lowest BCUT2D eigenvalue weighted by Gasteiger charge is -2.02. The van der Waals surface area contributed by atoms with Gasteiger partial charge >= 0.3 is 0 Å². The summed E-state index contributed by atoms with van der Waals surface area (Å²) in [5, 5.41) is 4.13. The highest BCUT2D eigenvalue weighted by atomic mass is 16.5. The minimum absolute atomic E-state index is 0.482. The maximum absolute atomic E-state index is 5.50. The Morgan fingerprint density at radius 3 is 2.26 bits per heavy atom. The fourth-order valence-corrected chi connectivity index (χ4v) is 2.58. The van der Waals surface area contributed by atoms with Gasteiger partial charge in [-0.2, -0.15) is 4.98 Å². The summed E-state index contributed by atoms with van der Waals surface area (Å²) in [5.41, 5.74) is 3.87. The number of rotatable bonds is 3. The first-order chi connectivity index (χ1) is 11.3. The molecule has 4 heteroatoms. The summed E-state index contributed by atoms with van der Waals surface area (Å²) in [7, 11) is 0. The molecule has 0 amide bonds. The number of aromatic nitrogens is 2. The molecular formula is C19H14N2O2. The third-order valence-electron chi connectivity index (χ3n) is 3.76. The Morgan fingerprint density at radius 1 is 0.783 bits per heavy atom. The van der Waals surface area contributed by atoms with E-state index in [2.05, 4.69) is 10.1 Å². The SMILES string of the molecule is Cc1ccccc1-c1noc(-c2ccccc2-c2ccco2)n1. The maximum Gasteiger partial charge on any atom is 0.258 e. The molecule has 23 heavy (non-hydrogen) atoms. The number of aryl methyl sites for hydroxylation is 1. The van der Waals surface area contributed by atoms with E-state index in [9.17, 15) is 0 Å². The third-order valence-corrected chi connectivity index (χ3v) is 3.76. The molecule has 2 aromatic carbocycles. The first-order valence-corrected chi connectivity index (χ1v) is 7.36. The Labute approximate surface area is 133 Å². The smallest absolute Gasteiger partial charge is 0.258 e. The standard InChI is InChI=1S/C19H14N2O2/c1-13-7-2-3-8-14(13)18-20-19(23-21-18)16-10-5-4-9-15(16)17-11-6-12-22-17/h2-12H,1H3. The van der Waals surface area contributed by atoms with Crippen molar-refractivity contribution in [2.75, 3.05) is 0 Å². The first kappa shape index (κ1) is 13.5. The monoisotopic (exact) mass is 302 g/mol. The van der Waals surface area contributed by atoms with Gasteiger partial charge in [0.1, 0.15) is 5.76 Å². The maximum atomic E-state index is 5.50. The molecule has 4 rings (SSSR count). The summed E-state index contributed by atoms with van der Waals surface area (Å²) < 4.78 is 11.0. The van der Waals surface area contributed by atoms with Crippen molar-refractivity contribution in [3.05, 3.63) is 72.5 Å². The van der Waals surface area contributed by atoms with Crippen LogP contribution < -0.4 is 0 Å². The van der Waals surface area contributed by atoms with Crippen LogP contribution in [0.25, 0.3) is 34.2 Å². The van der Waals surface area contributed by atoms with Gasteiger partial charge < -0.3 is 8.94 Å². The molecular weight excluding hydrogens is 288 g/mol. The van der Waals surface area contributed by atoms with E-state index in [-0.39, 0.29) is 0 Å². The number of hydrogen-bond donors (Lipinski definition) is 0. The van der Waals surface area contributed by atoms with Crippen LogP contribution in [-0.4, -0.2) is 10.1 Å². The summed E-state index contributed by atoms with van der Waals surface area (Å²) in [6.45, 7) is 2.03. The molecule has 4 nitrogen and oxygen atoms in total. The normalized spacial score (nSPS) is 10.8. The molecule has 2 heterocycles. The molecule has 0 fully saturated rings. The molecule has 0 aliphatic heterocycles. The van der Waals surface area contributed by atoms with Crippen molar-refractivity contribution in [2.45, 2.75) is 6.92 Å². The highest BCUT2D eigenvalue weighted by Gasteiger charge is 2.16. The number of furan rings is 1. The Bertz CT molecular complexity index is 939. The largest absolute Gasteiger partial charge is 0.464 e. The van der Waals surface area contributed by atoms with Crippen molar-refractivity contribution in [2.24, 2.45) is 0 Å². The van der Waals surface area contributed by atoms with E-state index in [0.29, 0.717) is 11.7 Å². The van der Waals surface area contributed by atoms with Crippen molar-refractivity contribution < 1.29 is 8.94 Å². The summed E-state index contributed by atoms with van der Waals surface area (Å²) in [5.74, 6) is 1.85. The molecule has 0 aliphatic carbocycles. The third kappa shape index (κ3) is 2.44. The van der Waals surface area contributed by atoms with Crippen LogP contribution in [0.2, 0.25) is 0 Å². The Hall–Kier alpha value is -3.14. The zero-order chi connectivity index (χ0) is 15.6. The van der Waals surface area contributed by atoms with Crippen molar-refractivity contribution >= 4 is 0 Å². The van der Waals surface area contributed by atoms with Crippen molar-refractivity contribution in [1.29, 1.82) is 0 Å². The van der Waals surface area contributed by atoms with E-state index in [0.717, 1.165) is 28.0 Å². The van der Waals surface area contributed by atoms with Gasteiger partial charge in [-0.1, -0.05) is 47.6 Å². The van der Waals surface area contributed by atoms with Crippen LogP contribution in [0, 0.1) is 6.92 Å². The average molecular weight is 302 g/mol. The van der Waals surface area contributed by atoms with Gasteiger partial charge in [-0.15, -0.1) is 0 Å². The van der Waals surface area contributed by atoms with Crippen LogP contribution in [0.1, 0.15) is 5.56 Å². The predicted molar refractivity (Wildman–Crippen MR) is 87.6 cm³/mol. The highest BCUT2D eigenvalue weighted by Crippen LogP contribution is 2.32. The molecule has 4 aromatic rings. The van der Waals surface area contributed by atoms with Gasteiger partial charge in [-0.25, -0.2) is 0 Å². The van der Waals surface area contributed by atoms with Gasteiger partial charge in [0.15, 0.2) is 0 Å². The van der Waals surface area contributed by atoms with E-state index in [1.54, 1.807) is 6.26 Å². The number of nitrogens with zero attached hydrogens (tertiary/aromatic N) is 2. The Kier molecular flexibility index (Phi) is 3.27. The molecule has 0 saturated heterocycles. The molecule has 0 radical (unpaired) electrons. The predicted octanol–water partition coefficient (Wildman–Crippen LogP) is 4.97. The van der Waals surface area contributed by atoms with Gasteiger partial charge in [-0.05, 0) is 30.7 Å². The summed E-state index contributed by atoms with van der Waals surface area (Å²) in [6, 6.07) is 19.6. The lowest BCUT2D eigenvalue weighted by molar-refractivity contribution is 0.432. The topological polar surface area (TPSA) is 52.1 Å². The molecule has 0 saturated carbocycles. The van der Waals surface area contributed by atoms with E-state index in [1.807, 2.05) is 67.6 Å². The van der Waals surface area contributed by atoms with Crippen LogP contribution in [0.5, 0.6) is 0 Å². The second-order valence-electron chi connectivity index (χ2n) is 5.26. The zero-order valence-corrected chi connectivity index (χ0v) is 12.6. The second kappa shape index (κ2) is 5.57. The van der Waals surface area contributed by atoms with E-state index in [4.69, 9.17) is 8.94 Å². The second-order valence-corrected chi connectivity index (χ2v) is 5.26. The van der Waals surface area contributed by atoms with E-state index >= 15 is 0 Å². The van der Waals surface area contributed by atoms with Gasteiger partial charge in [-0.3, -0.25) is 0 Å². The lowest BCUT2D eigenvalue weighted by atomic mass is 10.1. The molecule has 0 aliphatic rings. The molecule has 0 bridgehead atoms. The van der Waals surface area contributed by atoms with Gasteiger partial charge in [0.25, 0.3) is 5.89 Å². The molecule has 0 atom stereocenters. The van der Waals surface area contributed by atoms with Gasteiger partial charge in [0.05, 0.1) is 11.8 Å². The van der Waals surface area contributed by atoms with Gasteiger partial charge in [0, 0.05) is 11.1 Å². The fourth-order valence-electron chi connectivity index (χ4n) is 2.58.